The molecule has 0 bridgehead atoms. The molecule has 1 aromatic rings. The van der Waals surface area contributed by atoms with E-state index in [4.69, 9.17) is 10.4 Å². The Morgan fingerprint density at radius 2 is 2.29 bits per heavy atom. The fourth-order valence-electron chi connectivity index (χ4n) is 1.12. The zero-order valence-corrected chi connectivity index (χ0v) is 7.84. The summed E-state index contributed by atoms with van der Waals surface area (Å²) >= 11 is 0. The van der Waals surface area contributed by atoms with Crippen molar-refractivity contribution >= 4 is 5.69 Å². The molecular weight excluding hydrogens is 183 g/mol. The minimum absolute atomic E-state index is 0.0299. The van der Waals surface area contributed by atoms with Gasteiger partial charge in [-0.3, -0.25) is 0 Å². The number of nitriles is 1. The number of nitrogens with one attached hydrogen (secondary N) is 1. The Morgan fingerprint density at radius 3 is 2.86 bits per heavy atom. The lowest BCUT2D eigenvalue weighted by Gasteiger charge is -2.09. The lowest BCUT2D eigenvalue weighted by molar-refractivity contribution is 0.311. The van der Waals surface area contributed by atoms with E-state index in [2.05, 4.69) is 5.32 Å². The maximum atomic E-state index is 13.2. The molecule has 0 radical (unpaired) electrons. The fourth-order valence-corrected chi connectivity index (χ4v) is 1.12. The Kier molecular flexibility index (Phi) is 3.43. The third kappa shape index (κ3) is 2.21. The first-order chi connectivity index (χ1) is 6.69. The van der Waals surface area contributed by atoms with Crippen LogP contribution in [-0.4, -0.2) is 18.3 Å². The molecule has 0 atom stereocenters. The lowest BCUT2D eigenvalue weighted by Crippen LogP contribution is -2.07. The number of aliphatic hydroxyl groups is 1. The molecule has 0 aromatic heterocycles. The zero-order valence-electron chi connectivity index (χ0n) is 7.84. The highest BCUT2D eigenvalue weighted by Gasteiger charge is 2.05. The number of anilines is 1. The van der Waals surface area contributed by atoms with E-state index >= 15 is 0 Å². The topological polar surface area (TPSA) is 56.0 Å². The minimum Gasteiger partial charge on any atom is -0.395 e. The molecule has 74 valence electrons. The summed E-state index contributed by atoms with van der Waals surface area (Å²) in [6.07, 6.45) is 0. The molecule has 14 heavy (non-hydrogen) atoms. The first kappa shape index (κ1) is 10.5. The Labute approximate surface area is 81.8 Å². The number of benzene rings is 1. The average molecular weight is 194 g/mol. The molecule has 0 aliphatic rings. The summed E-state index contributed by atoms with van der Waals surface area (Å²) in [5, 5.41) is 20.0. The highest BCUT2D eigenvalue weighted by atomic mass is 19.1. The van der Waals surface area contributed by atoms with E-state index in [1.807, 2.05) is 6.07 Å². The first-order valence-electron chi connectivity index (χ1n) is 4.24. The van der Waals surface area contributed by atoms with Crippen LogP contribution in [0.2, 0.25) is 0 Å². The summed E-state index contributed by atoms with van der Waals surface area (Å²) in [6.45, 7) is 1.93. The van der Waals surface area contributed by atoms with Gasteiger partial charge in [0, 0.05) is 17.8 Å². The van der Waals surface area contributed by atoms with Crippen molar-refractivity contribution in [2.24, 2.45) is 0 Å². The van der Waals surface area contributed by atoms with Gasteiger partial charge >= 0.3 is 0 Å². The van der Waals surface area contributed by atoms with Gasteiger partial charge in [0.25, 0.3) is 0 Å². The van der Waals surface area contributed by atoms with Crippen LogP contribution >= 0.6 is 0 Å². The van der Waals surface area contributed by atoms with Gasteiger partial charge < -0.3 is 10.4 Å². The van der Waals surface area contributed by atoms with Gasteiger partial charge in [0.15, 0.2) is 0 Å². The van der Waals surface area contributed by atoms with Crippen molar-refractivity contribution in [3.63, 3.8) is 0 Å². The van der Waals surface area contributed by atoms with Gasteiger partial charge in [-0.1, -0.05) is 0 Å². The molecular formula is C10H11FN2O. The summed E-state index contributed by atoms with van der Waals surface area (Å²) in [4.78, 5) is 0. The van der Waals surface area contributed by atoms with Crippen molar-refractivity contribution in [3.8, 4) is 6.07 Å². The zero-order chi connectivity index (χ0) is 10.6. The lowest BCUT2D eigenvalue weighted by atomic mass is 10.1. The smallest absolute Gasteiger partial charge is 0.129 e. The molecule has 0 fully saturated rings. The van der Waals surface area contributed by atoms with Gasteiger partial charge in [-0.25, -0.2) is 4.39 Å². The van der Waals surface area contributed by atoms with Crippen LogP contribution in [0.3, 0.4) is 0 Å². The van der Waals surface area contributed by atoms with Crippen LogP contribution in [0, 0.1) is 24.1 Å². The maximum absolute atomic E-state index is 13.2. The molecule has 0 saturated carbocycles. The average Bonchev–Trinajstić information content (AvgIpc) is 2.20. The molecule has 1 aromatic carbocycles. The van der Waals surface area contributed by atoms with E-state index in [1.54, 1.807) is 13.0 Å². The van der Waals surface area contributed by atoms with Crippen LogP contribution in [0.15, 0.2) is 12.1 Å². The summed E-state index contributed by atoms with van der Waals surface area (Å²) in [6, 6.07) is 4.63. The van der Waals surface area contributed by atoms with Gasteiger partial charge in [0.05, 0.1) is 18.2 Å². The standard InChI is InChI=1S/C10H11FN2O/c1-7-9(11)4-8(6-12)5-10(7)13-2-3-14/h4-5,13-14H,2-3H2,1H3. The third-order valence-corrected chi connectivity index (χ3v) is 1.90. The molecule has 0 spiro atoms. The van der Waals surface area contributed by atoms with Crippen LogP contribution in [0.1, 0.15) is 11.1 Å². The Bertz CT molecular complexity index is 371. The quantitative estimate of drug-likeness (QED) is 0.764. The second kappa shape index (κ2) is 4.58. The molecule has 2 N–H and O–H groups in total. The number of nitrogens with zero attached hydrogens (tertiary/aromatic N) is 1. The highest BCUT2D eigenvalue weighted by Crippen LogP contribution is 2.19. The Balaban J connectivity index is 3.02. The van der Waals surface area contributed by atoms with Gasteiger partial charge in [-0.2, -0.15) is 5.26 Å². The molecule has 4 heteroatoms. The predicted octanol–water partition coefficient (Wildman–Crippen LogP) is 1.41. The van der Waals surface area contributed by atoms with E-state index in [9.17, 15) is 4.39 Å². The van der Waals surface area contributed by atoms with E-state index in [1.165, 1.54) is 6.07 Å². The monoisotopic (exact) mass is 194 g/mol. The van der Waals surface area contributed by atoms with E-state index in [0.717, 1.165) is 0 Å². The second-order valence-corrected chi connectivity index (χ2v) is 2.89. The maximum Gasteiger partial charge on any atom is 0.129 e. The van der Waals surface area contributed by atoms with Crippen LogP contribution < -0.4 is 5.32 Å². The Hall–Kier alpha value is -1.60. The van der Waals surface area contributed by atoms with Crippen molar-refractivity contribution < 1.29 is 9.50 Å². The Morgan fingerprint density at radius 1 is 1.57 bits per heavy atom. The summed E-state index contributed by atoms with van der Waals surface area (Å²) in [7, 11) is 0. The van der Waals surface area contributed by atoms with Gasteiger partial charge in [-0.15, -0.1) is 0 Å². The van der Waals surface area contributed by atoms with E-state index < -0.39 is 5.82 Å². The number of hydrogen-bond donors (Lipinski definition) is 2. The van der Waals surface area contributed by atoms with Crippen LogP contribution in [-0.2, 0) is 0 Å². The van der Waals surface area contributed by atoms with Crippen molar-refractivity contribution in [1.29, 1.82) is 5.26 Å². The molecule has 0 amide bonds. The molecule has 0 unspecified atom stereocenters. The van der Waals surface area contributed by atoms with Crippen molar-refractivity contribution in [3.05, 3.63) is 29.1 Å². The summed E-state index contributed by atoms with van der Waals surface area (Å²) in [5.41, 5.74) is 1.28. The molecule has 3 nitrogen and oxygen atoms in total. The second-order valence-electron chi connectivity index (χ2n) is 2.89. The fraction of sp³-hybridized carbons (Fsp3) is 0.300. The highest BCUT2D eigenvalue weighted by molar-refractivity contribution is 5.55. The summed E-state index contributed by atoms with van der Waals surface area (Å²) < 4.78 is 13.2. The number of hydrogen-bond acceptors (Lipinski definition) is 3. The van der Waals surface area contributed by atoms with Gasteiger partial charge in [-0.05, 0) is 19.1 Å². The normalized spacial score (nSPS) is 9.57. The molecule has 0 aliphatic heterocycles. The summed E-state index contributed by atoms with van der Waals surface area (Å²) in [5.74, 6) is -0.413. The van der Waals surface area contributed by atoms with Gasteiger partial charge in [0.2, 0.25) is 0 Å². The molecule has 1 rings (SSSR count). The van der Waals surface area contributed by atoms with Crippen molar-refractivity contribution in [1.82, 2.24) is 0 Å². The molecule has 0 saturated heterocycles. The predicted molar refractivity (Wildman–Crippen MR) is 51.4 cm³/mol. The van der Waals surface area contributed by atoms with Gasteiger partial charge in [0.1, 0.15) is 5.82 Å². The third-order valence-electron chi connectivity index (χ3n) is 1.90. The number of halogens is 1. The largest absolute Gasteiger partial charge is 0.395 e. The van der Waals surface area contributed by atoms with E-state index in [-0.39, 0.29) is 12.2 Å². The number of rotatable bonds is 3. The minimum atomic E-state index is -0.413. The van der Waals surface area contributed by atoms with Crippen molar-refractivity contribution in [2.75, 3.05) is 18.5 Å². The SMILES string of the molecule is Cc1c(F)cc(C#N)cc1NCCO. The van der Waals surface area contributed by atoms with Crippen LogP contribution in [0.5, 0.6) is 0 Å². The van der Waals surface area contributed by atoms with Crippen molar-refractivity contribution in [2.45, 2.75) is 6.92 Å². The van der Waals surface area contributed by atoms with E-state index in [0.29, 0.717) is 17.8 Å². The molecule has 0 aliphatic carbocycles. The first-order valence-corrected chi connectivity index (χ1v) is 4.24. The number of aliphatic hydroxyl groups excluding tert-OH is 1. The molecule has 0 heterocycles. The van der Waals surface area contributed by atoms with Crippen LogP contribution in [0.4, 0.5) is 10.1 Å². The van der Waals surface area contributed by atoms with Crippen LogP contribution in [0.25, 0.3) is 0 Å².